The number of benzene rings is 1. The molecule has 43 heavy (non-hydrogen) atoms. The number of rotatable bonds is 9. The van der Waals surface area contributed by atoms with Gasteiger partial charge in [-0.3, -0.25) is 24.0 Å². The number of aromatic nitrogens is 3. The number of carbonyl (C=O) groups excluding carboxylic acids is 2. The molecule has 4 N–H and O–H groups in total. The van der Waals surface area contributed by atoms with Crippen LogP contribution in [-0.2, 0) is 9.63 Å². The Morgan fingerprint density at radius 1 is 1.12 bits per heavy atom. The first-order valence-corrected chi connectivity index (χ1v) is 14.8. The third-order valence-corrected chi connectivity index (χ3v) is 8.34. The zero-order valence-corrected chi connectivity index (χ0v) is 25.4. The van der Waals surface area contributed by atoms with Gasteiger partial charge in [-0.1, -0.05) is 29.7 Å². The lowest BCUT2D eigenvalue weighted by molar-refractivity contribution is -0.121. The third-order valence-electron chi connectivity index (χ3n) is 6.89. The molecule has 2 amide bonds. The largest absolute Gasteiger partial charge is 0.443 e. The third kappa shape index (κ3) is 6.71. The summed E-state index contributed by atoms with van der Waals surface area (Å²) in [5.74, 6) is 11.6. The standard InChI is InChI=1S/C30H30ClN7O4S/c1-17-18(2)43-30-26(17)27(20-7-9-21(31)10-8-20)35-23(28-37-36-19(3)38(28)30)16-25(39)33-13-5-14-34-29(40)24-12-11-22(42-24)6-4-15-41-32/h7-12,23H,5,13-16,32H2,1-3H3,(H,33,39)(H,34,40)/t23-/m0/s1. The summed E-state index contributed by atoms with van der Waals surface area (Å²) < 4.78 is 7.42. The Kier molecular flexibility index (Phi) is 9.37. The summed E-state index contributed by atoms with van der Waals surface area (Å²) in [4.78, 5) is 36.1. The van der Waals surface area contributed by atoms with Crippen LogP contribution in [0.3, 0.4) is 0 Å². The predicted molar refractivity (Wildman–Crippen MR) is 164 cm³/mol. The predicted octanol–water partition coefficient (Wildman–Crippen LogP) is 3.96. The van der Waals surface area contributed by atoms with Crippen LogP contribution in [-0.4, -0.2) is 52.0 Å². The van der Waals surface area contributed by atoms with E-state index in [1.807, 2.05) is 35.8 Å². The zero-order chi connectivity index (χ0) is 30.5. The Labute approximate surface area is 257 Å². The van der Waals surface area contributed by atoms with Crippen molar-refractivity contribution >= 4 is 40.5 Å². The molecule has 13 heteroatoms. The fraction of sp³-hybridized carbons (Fsp3) is 0.300. The fourth-order valence-corrected chi connectivity index (χ4v) is 6.02. The molecule has 3 aromatic heterocycles. The lowest BCUT2D eigenvalue weighted by Gasteiger charge is -2.13. The van der Waals surface area contributed by atoms with Gasteiger partial charge < -0.3 is 15.1 Å². The zero-order valence-electron chi connectivity index (χ0n) is 23.9. The monoisotopic (exact) mass is 619 g/mol. The van der Waals surface area contributed by atoms with Crippen molar-refractivity contribution in [3.63, 3.8) is 0 Å². The molecule has 0 radical (unpaired) electrons. The number of nitrogens with one attached hydrogen (secondary N) is 2. The minimum atomic E-state index is -0.557. The van der Waals surface area contributed by atoms with Crippen LogP contribution in [0, 0.1) is 32.6 Å². The van der Waals surface area contributed by atoms with E-state index < -0.39 is 6.04 Å². The molecule has 0 fully saturated rings. The Balaban J connectivity index is 1.25. The summed E-state index contributed by atoms with van der Waals surface area (Å²) in [5.41, 5.74) is 3.83. The quantitative estimate of drug-likeness (QED) is 0.146. The number of thiophene rings is 1. The Hall–Kier alpha value is -4.28. The molecule has 0 aliphatic carbocycles. The highest BCUT2D eigenvalue weighted by atomic mass is 35.5. The molecular formula is C30H30ClN7O4S. The molecule has 0 saturated heterocycles. The van der Waals surface area contributed by atoms with Gasteiger partial charge in [-0.05, 0) is 62.9 Å². The lowest BCUT2D eigenvalue weighted by atomic mass is 9.99. The van der Waals surface area contributed by atoms with Crippen LogP contribution in [0.2, 0.25) is 5.02 Å². The first kappa shape index (κ1) is 30.2. The lowest BCUT2D eigenvalue weighted by Crippen LogP contribution is -2.30. The molecule has 1 aromatic carbocycles. The fourth-order valence-electron chi connectivity index (χ4n) is 4.68. The molecule has 1 aliphatic rings. The molecule has 5 rings (SSSR count). The summed E-state index contributed by atoms with van der Waals surface area (Å²) in [5, 5.41) is 16.1. The van der Waals surface area contributed by atoms with Gasteiger partial charge in [0.05, 0.1) is 12.1 Å². The highest BCUT2D eigenvalue weighted by Crippen LogP contribution is 2.39. The van der Waals surface area contributed by atoms with Gasteiger partial charge in [0.1, 0.15) is 23.5 Å². The molecule has 0 bridgehead atoms. The van der Waals surface area contributed by atoms with Crippen molar-refractivity contribution in [1.82, 2.24) is 25.4 Å². The highest BCUT2D eigenvalue weighted by Gasteiger charge is 2.32. The van der Waals surface area contributed by atoms with E-state index in [1.54, 1.807) is 17.4 Å². The number of halogens is 1. The summed E-state index contributed by atoms with van der Waals surface area (Å²) >= 11 is 7.84. The van der Waals surface area contributed by atoms with E-state index in [0.29, 0.717) is 36.1 Å². The molecule has 1 atom stereocenters. The first-order chi connectivity index (χ1) is 20.8. The minimum absolute atomic E-state index is 0.0547. The molecule has 0 unspecified atom stereocenters. The minimum Gasteiger partial charge on any atom is -0.443 e. The molecule has 222 valence electrons. The van der Waals surface area contributed by atoms with E-state index in [1.165, 1.54) is 10.9 Å². The number of hydrogen-bond donors (Lipinski definition) is 3. The Morgan fingerprint density at radius 3 is 2.65 bits per heavy atom. The second-order valence-electron chi connectivity index (χ2n) is 9.84. The van der Waals surface area contributed by atoms with E-state index in [9.17, 15) is 9.59 Å². The maximum Gasteiger partial charge on any atom is 0.287 e. The van der Waals surface area contributed by atoms with Crippen LogP contribution in [0.25, 0.3) is 5.00 Å². The van der Waals surface area contributed by atoms with Crippen LogP contribution >= 0.6 is 22.9 Å². The van der Waals surface area contributed by atoms with Crippen LogP contribution in [0.15, 0.2) is 45.8 Å². The molecule has 4 heterocycles. The number of furan rings is 1. The van der Waals surface area contributed by atoms with Crippen molar-refractivity contribution in [2.24, 2.45) is 10.9 Å². The topological polar surface area (TPSA) is 150 Å². The molecule has 0 saturated carbocycles. The number of fused-ring (bicyclic) bond motifs is 3. The molecule has 1 aliphatic heterocycles. The van der Waals surface area contributed by atoms with E-state index >= 15 is 0 Å². The van der Waals surface area contributed by atoms with Gasteiger partial charge in [-0.25, -0.2) is 5.90 Å². The number of amides is 2. The summed E-state index contributed by atoms with van der Waals surface area (Å²) in [6.45, 7) is 6.83. The smallest absolute Gasteiger partial charge is 0.287 e. The van der Waals surface area contributed by atoms with Gasteiger partial charge in [-0.15, -0.1) is 21.5 Å². The Morgan fingerprint density at radius 2 is 1.88 bits per heavy atom. The van der Waals surface area contributed by atoms with Gasteiger partial charge in [0.25, 0.3) is 5.91 Å². The van der Waals surface area contributed by atoms with Crippen molar-refractivity contribution in [3.05, 3.63) is 86.2 Å². The van der Waals surface area contributed by atoms with Gasteiger partial charge in [0.2, 0.25) is 5.91 Å². The van der Waals surface area contributed by atoms with Crippen molar-refractivity contribution in [3.8, 4) is 16.8 Å². The van der Waals surface area contributed by atoms with Crippen molar-refractivity contribution < 1.29 is 18.8 Å². The van der Waals surface area contributed by atoms with Gasteiger partial charge in [0.15, 0.2) is 17.3 Å². The van der Waals surface area contributed by atoms with E-state index in [-0.39, 0.29) is 30.6 Å². The first-order valence-electron chi connectivity index (χ1n) is 13.6. The van der Waals surface area contributed by atoms with Crippen LogP contribution in [0.4, 0.5) is 0 Å². The Bertz CT molecular complexity index is 1740. The van der Waals surface area contributed by atoms with E-state index in [4.69, 9.17) is 26.9 Å². The van der Waals surface area contributed by atoms with E-state index in [0.717, 1.165) is 33.2 Å². The van der Waals surface area contributed by atoms with E-state index in [2.05, 4.69) is 51.4 Å². The van der Waals surface area contributed by atoms with Gasteiger partial charge >= 0.3 is 0 Å². The van der Waals surface area contributed by atoms with Gasteiger partial charge in [-0.2, -0.15) is 0 Å². The van der Waals surface area contributed by atoms with Crippen LogP contribution < -0.4 is 16.5 Å². The molecule has 0 spiro atoms. The average molecular weight is 620 g/mol. The number of nitrogens with two attached hydrogens (primary N) is 1. The maximum absolute atomic E-state index is 13.1. The second-order valence-corrected chi connectivity index (χ2v) is 11.5. The van der Waals surface area contributed by atoms with Crippen molar-refractivity contribution in [2.45, 2.75) is 39.7 Å². The summed E-state index contributed by atoms with van der Waals surface area (Å²) in [6.07, 6.45) is 0.605. The summed E-state index contributed by atoms with van der Waals surface area (Å²) in [6, 6.07) is 10.1. The second kappa shape index (κ2) is 13.4. The number of aliphatic imine (C=N–C) groups is 1. The molecule has 4 aromatic rings. The van der Waals surface area contributed by atoms with Crippen molar-refractivity contribution in [2.75, 3.05) is 19.7 Å². The van der Waals surface area contributed by atoms with Gasteiger partial charge in [0, 0.05) is 34.1 Å². The van der Waals surface area contributed by atoms with Crippen LogP contribution in [0.5, 0.6) is 0 Å². The normalized spacial score (nSPS) is 13.7. The van der Waals surface area contributed by atoms with Crippen molar-refractivity contribution in [1.29, 1.82) is 0 Å². The van der Waals surface area contributed by atoms with Crippen LogP contribution in [0.1, 0.15) is 68.4 Å². The number of hydrogen-bond acceptors (Lipinski definition) is 9. The average Bonchev–Trinajstić information content (AvgIpc) is 3.67. The SMILES string of the molecule is Cc1sc2c(c1C)C(c1ccc(Cl)cc1)=N[C@@H](CC(=O)NCCCNC(=O)c1ccc(C#CCON)o1)c1nnc(C)n1-2. The molecular weight excluding hydrogens is 590 g/mol. The number of aryl methyl sites for hydroxylation is 2. The number of nitrogens with zero attached hydrogens (tertiary/aromatic N) is 4. The summed E-state index contributed by atoms with van der Waals surface area (Å²) in [7, 11) is 0. The molecule has 11 nitrogen and oxygen atoms in total. The highest BCUT2D eigenvalue weighted by molar-refractivity contribution is 7.15. The number of carbonyl (C=O) groups is 2. The maximum atomic E-state index is 13.1.